The van der Waals surface area contributed by atoms with Crippen LogP contribution in [0.5, 0.6) is 0 Å². The molecule has 5 aromatic rings. The SMILES string of the molecule is Cn1cnnc1-c1ccc(C(F)(F)F)cc1-c1cc(Cl)nc(-c2nc3cc(CNCC4CC4)cc(C(F)(F)F)c3o2)c1. The number of hydrogen-bond acceptors (Lipinski definition) is 6. The maximum atomic E-state index is 14.0. The van der Waals surface area contributed by atoms with Crippen LogP contribution in [-0.2, 0) is 25.9 Å². The number of oxazole rings is 1. The summed E-state index contributed by atoms with van der Waals surface area (Å²) in [5.41, 5.74) is -1.50. The average Bonchev–Trinajstić information content (AvgIpc) is 3.48. The first-order valence-corrected chi connectivity index (χ1v) is 13.2. The van der Waals surface area contributed by atoms with E-state index in [1.807, 2.05) is 0 Å². The molecule has 0 unspecified atom stereocenters. The lowest BCUT2D eigenvalue weighted by Gasteiger charge is -2.14. The van der Waals surface area contributed by atoms with E-state index >= 15 is 0 Å². The zero-order valence-corrected chi connectivity index (χ0v) is 22.6. The number of nitrogens with one attached hydrogen (secondary N) is 1. The second-order valence-corrected chi connectivity index (χ2v) is 10.6. The van der Waals surface area contributed by atoms with Crippen LogP contribution in [-0.4, -0.2) is 31.3 Å². The van der Waals surface area contributed by atoms with E-state index in [-0.39, 0.29) is 45.8 Å². The number of rotatable bonds is 7. The van der Waals surface area contributed by atoms with Crippen molar-refractivity contribution >= 4 is 22.7 Å². The number of fused-ring (bicyclic) bond motifs is 1. The van der Waals surface area contributed by atoms with Gasteiger partial charge in [0.05, 0.1) is 5.56 Å². The summed E-state index contributed by atoms with van der Waals surface area (Å²) in [4.78, 5) is 8.43. The van der Waals surface area contributed by atoms with Crippen LogP contribution in [0.25, 0.3) is 45.2 Å². The minimum atomic E-state index is -4.72. The third-order valence-corrected chi connectivity index (χ3v) is 7.13. The number of halogens is 7. The summed E-state index contributed by atoms with van der Waals surface area (Å²) in [7, 11) is 1.63. The molecule has 1 fully saturated rings. The van der Waals surface area contributed by atoms with E-state index in [1.54, 1.807) is 7.05 Å². The van der Waals surface area contributed by atoms with Gasteiger partial charge in [-0.1, -0.05) is 11.6 Å². The second kappa shape index (κ2) is 10.4. The molecule has 0 amide bonds. The van der Waals surface area contributed by atoms with E-state index in [1.165, 1.54) is 35.2 Å². The van der Waals surface area contributed by atoms with Gasteiger partial charge < -0.3 is 14.3 Å². The molecule has 1 N–H and O–H groups in total. The minimum Gasteiger partial charge on any atom is -0.434 e. The van der Waals surface area contributed by atoms with Crippen LogP contribution in [0.2, 0.25) is 5.15 Å². The van der Waals surface area contributed by atoms with Crippen molar-refractivity contribution in [3.05, 3.63) is 70.6 Å². The Balaban J connectivity index is 1.46. The van der Waals surface area contributed by atoms with Crippen molar-refractivity contribution in [2.24, 2.45) is 13.0 Å². The number of aromatic nitrogens is 5. The molecular formula is C28H21ClF6N6O. The van der Waals surface area contributed by atoms with E-state index in [9.17, 15) is 26.3 Å². The minimum absolute atomic E-state index is 0.0368. The van der Waals surface area contributed by atoms with Crippen LogP contribution in [0.15, 0.2) is 53.2 Å². The molecule has 0 radical (unpaired) electrons. The van der Waals surface area contributed by atoms with Crippen molar-refractivity contribution in [3.63, 3.8) is 0 Å². The molecule has 0 spiro atoms. The Hall–Kier alpha value is -3.97. The monoisotopic (exact) mass is 606 g/mol. The Morgan fingerprint density at radius 2 is 1.76 bits per heavy atom. The molecular weight excluding hydrogens is 586 g/mol. The van der Waals surface area contributed by atoms with Crippen molar-refractivity contribution in [1.82, 2.24) is 30.0 Å². The van der Waals surface area contributed by atoms with Crippen molar-refractivity contribution in [3.8, 4) is 34.1 Å². The van der Waals surface area contributed by atoms with Crippen molar-refractivity contribution in [2.75, 3.05) is 6.54 Å². The van der Waals surface area contributed by atoms with Gasteiger partial charge in [0.25, 0.3) is 0 Å². The zero-order chi connectivity index (χ0) is 29.8. The molecule has 0 aliphatic heterocycles. The van der Waals surface area contributed by atoms with Gasteiger partial charge in [0, 0.05) is 19.2 Å². The number of pyridine rings is 1. The molecule has 42 heavy (non-hydrogen) atoms. The lowest BCUT2D eigenvalue weighted by molar-refractivity contribution is -0.138. The molecule has 0 bridgehead atoms. The fourth-order valence-corrected chi connectivity index (χ4v) is 4.91. The Morgan fingerprint density at radius 3 is 2.43 bits per heavy atom. The molecule has 1 aliphatic carbocycles. The van der Waals surface area contributed by atoms with Gasteiger partial charge >= 0.3 is 12.4 Å². The Bertz CT molecular complexity index is 1790. The van der Waals surface area contributed by atoms with Gasteiger partial charge in [0.2, 0.25) is 5.89 Å². The van der Waals surface area contributed by atoms with E-state index in [4.69, 9.17) is 16.0 Å². The molecule has 1 saturated carbocycles. The van der Waals surface area contributed by atoms with Gasteiger partial charge in [-0.05, 0) is 84.5 Å². The first kappa shape index (κ1) is 28.2. The number of alkyl halides is 6. The van der Waals surface area contributed by atoms with E-state index in [2.05, 4.69) is 25.5 Å². The van der Waals surface area contributed by atoms with Gasteiger partial charge in [-0.2, -0.15) is 26.3 Å². The molecule has 3 heterocycles. The largest absolute Gasteiger partial charge is 0.434 e. The summed E-state index contributed by atoms with van der Waals surface area (Å²) in [6, 6.07) is 8.35. The Morgan fingerprint density at radius 1 is 0.976 bits per heavy atom. The lowest BCUT2D eigenvalue weighted by Crippen LogP contribution is -2.17. The van der Waals surface area contributed by atoms with Gasteiger partial charge in [0.15, 0.2) is 11.4 Å². The topological polar surface area (TPSA) is 81.7 Å². The Kier molecular flexibility index (Phi) is 6.97. The molecule has 2 aromatic carbocycles. The van der Waals surface area contributed by atoms with Gasteiger partial charge in [-0.25, -0.2) is 9.97 Å². The summed E-state index contributed by atoms with van der Waals surface area (Å²) in [5.74, 6) is 0.561. The highest BCUT2D eigenvalue weighted by Gasteiger charge is 2.36. The molecule has 1 aliphatic rings. The predicted molar refractivity (Wildman–Crippen MR) is 142 cm³/mol. The van der Waals surface area contributed by atoms with Crippen LogP contribution in [0.1, 0.15) is 29.5 Å². The van der Waals surface area contributed by atoms with Gasteiger partial charge in [0.1, 0.15) is 28.3 Å². The molecule has 14 heteroatoms. The van der Waals surface area contributed by atoms with Crippen molar-refractivity contribution in [1.29, 1.82) is 0 Å². The van der Waals surface area contributed by atoms with Crippen LogP contribution < -0.4 is 5.32 Å². The maximum Gasteiger partial charge on any atom is 0.420 e. The van der Waals surface area contributed by atoms with Gasteiger partial charge in [-0.3, -0.25) is 0 Å². The maximum absolute atomic E-state index is 14.0. The van der Waals surface area contributed by atoms with Crippen molar-refractivity contribution < 1.29 is 30.8 Å². The summed E-state index contributed by atoms with van der Waals surface area (Å²) in [5, 5.41) is 10.9. The smallest absolute Gasteiger partial charge is 0.420 e. The molecule has 218 valence electrons. The first-order valence-electron chi connectivity index (χ1n) is 12.8. The number of hydrogen-bond donors (Lipinski definition) is 1. The van der Waals surface area contributed by atoms with E-state index in [0.29, 0.717) is 23.6 Å². The second-order valence-electron chi connectivity index (χ2n) is 10.2. The Labute approximate surface area is 239 Å². The number of nitrogens with zero attached hydrogens (tertiary/aromatic N) is 5. The van der Waals surface area contributed by atoms with E-state index in [0.717, 1.165) is 31.0 Å². The summed E-state index contributed by atoms with van der Waals surface area (Å²) >= 11 is 6.28. The molecule has 0 atom stereocenters. The zero-order valence-electron chi connectivity index (χ0n) is 21.8. The fourth-order valence-electron chi connectivity index (χ4n) is 4.70. The quantitative estimate of drug-likeness (QED) is 0.152. The van der Waals surface area contributed by atoms with Crippen LogP contribution in [0.4, 0.5) is 26.3 Å². The molecule has 3 aromatic heterocycles. The molecule has 6 rings (SSSR count). The fraction of sp³-hybridized carbons (Fsp3) is 0.286. The van der Waals surface area contributed by atoms with Gasteiger partial charge in [-0.15, -0.1) is 10.2 Å². The molecule has 7 nitrogen and oxygen atoms in total. The van der Waals surface area contributed by atoms with Crippen molar-refractivity contribution in [2.45, 2.75) is 31.7 Å². The predicted octanol–water partition coefficient (Wildman–Crippen LogP) is 7.54. The summed E-state index contributed by atoms with van der Waals surface area (Å²) < 4.78 is 90.2. The normalized spacial score (nSPS) is 14.2. The third-order valence-electron chi connectivity index (χ3n) is 6.94. The van der Waals surface area contributed by atoms with E-state index < -0.39 is 29.1 Å². The number of benzene rings is 2. The lowest BCUT2D eigenvalue weighted by atomic mass is 9.96. The highest BCUT2D eigenvalue weighted by atomic mass is 35.5. The average molecular weight is 607 g/mol. The highest BCUT2D eigenvalue weighted by molar-refractivity contribution is 6.29. The summed E-state index contributed by atoms with van der Waals surface area (Å²) in [6.45, 7) is 0.933. The molecule has 0 saturated heterocycles. The summed E-state index contributed by atoms with van der Waals surface area (Å²) in [6.07, 6.45) is -5.78. The van der Waals surface area contributed by atoms with Crippen LogP contribution in [0.3, 0.4) is 0 Å². The first-order chi connectivity index (χ1) is 19.9. The standard InChI is InChI=1S/C28H21ClF6N6O/c1-41-13-37-40-25(41)18-5-4-17(27(30,31)32)10-19(18)16-8-22(38-23(29)9-16)26-39-21-7-15(12-36-11-14-2-3-14)6-20(24(21)42-26)28(33,34)35/h4-10,13-14,36H,2-3,11-12H2,1H3. The van der Waals surface area contributed by atoms with Crippen LogP contribution in [0, 0.1) is 5.92 Å². The van der Waals surface area contributed by atoms with Crippen LogP contribution >= 0.6 is 11.6 Å². The number of aryl methyl sites for hydroxylation is 1. The third kappa shape index (κ3) is 5.71. The highest BCUT2D eigenvalue weighted by Crippen LogP contribution is 2.41.